The van der Waals surface area contributed by atoms with E-state index in [0.29, 0.717) is 28.5 Å². The Labute approximate surface area is 169 Å². The molecule has 7 nitrogen and oxygen atoms in total. The third-order valence-electron chi connectivity index (χ3n) is 4.12. The van der Waals surface area contributed by atoms with Gasteiger partial charge in [-0.3, -0.25) is 14.6 Å². The van der Waals surface area contributed by atoms with Gasteiger partial charge in [-0.2, -0.15) is 11.3 Å². The Hall–Kier alpha value is -2.88. The predicted octanol–water partition coefficient (Wildman–Crippen LogP) is 3.37. The minimum atomic E-state index is 0. The van der Waals surface area contributed by atoms with Crippen molar-refractivity contribution in [1.29, 1.82) is 5.26 Å². The van der Waals surface area contributed by atoms with Gasteiger partial charge in [0.25, 0.3) is 0 Å². The first kappa shape index (κ1) is 18.9. The van der Waals surface area contributed by atoms with Gasteiger partial charge in [0.2, 0.25) is 5.82 Å². The summed E-state index contributed by atoms with van der Waals surface area (Å²) in [5, 5.41) is 13.7. The van der Waals surface area contributed by atoms with E-state index in [0.717, 1.165) is 22.4 Å². The van der Waals surface area contributed by atoms with Crippen LogP contribution in [0.1, 0.15) is 28.4 Å². The number of hydrogen-bond donors (Lipinski definition) is 0. The fraction of sp³-hybridized carbons (Fsp3) is 0.211. The maximum Gasteiger partial charge on any atom is 0.239 e. The average Bonchev–Trinajstić information content (AvgIpc) is 3.16. The first-order valence-electron chi connectivity index (χ1n) is 8.07. The fourth-order valence-corrected chi connectivity index (χ4v) is 3.24. The van der Waals surface area contributed by atoms with Gasteiger partial charge < -0.3 is 4.42 Å². The first-order chi connectivity index (χ1) is 12.5. The minimum absolute atomic E-state index is 0. The Kier molecular flexibility index (Phi) is 4.92. The van der Waals surface area contributed by atoms with Crippen LogP contribution in [0, 0.1) is 45.1 Å². The van der Waals surface area contributed by atoms with Crippen molar-refractivity contribution < 1.29 is 24.5 Å². The number of pyridine rings is 1. The monoisotopic (exact) mass is 536 g/mol. The molecule has 0 saturated heterocycles. The summed E-state index contributed by atoms with van der Waals surface area (Å²) >= 11 is 0. The van der Waals surface area contributed by atoms with Crippen LogP contribution in [-0.4, -0.2) is 24.7 Å². The zero-order valence-corrected chi connectivity index (χ0v) is 17.6. The van der Waals surface area contributed by atoms with E-state index in [4.69, 9.17) is 4.42 Å². The van der Waals surface area contributed by atoms with Crippen LogP contribution in [0.3, 0.4) is 0 Å². The fourth-order valence-electron chi connectivity index (χ4n) is 3.24. The zero-order chi connectivity index (χ0) is 18.4. The first-order valence-corrected chi connectivity index (χ1v) is 8.07. The molecule has 137 valence electrons. The van der Waals surface area contributed by atoms with Crippen molar-refractivity contribution in [3.8, 4) is 23.1 Å². The van der Waals surface area contributed by atoms with Crippen molar-refractivity contribution >= 4 is 11.2 Å². The standard InChI is InChI=1S/C19H15N6O.Ir/c1-10-7-11(2)17(12(3)8-10)25-18(23-15(9-20)24-25)14-5-6-21-19-16(14)22-13(4)26-19;/h6-8H,1-4H3;/q-1;. The molecule has 27 heavy (non-hydrogen) atoms. The number of fused-ring (bicyclic) bond motifs is 1. The molecule has 0 saturated carbocycles. The van der Waals surface area contributed by atoms with Crippen LogP contribution in [0.25, 0.3) is 28.3 Å². The van der Waals surface area contributed by atoms with Crippen molar-refractivity contribution in [2.24, 2.45) is 0 Å². The molecule has 1 aromatic carbocycles. The number of aromatic nitrogens is 5. The minimum Gasteiger partial charge on any atom is -0.436 e. The average molecular weight is 536 g/mol. The topological polar surface area (TPSA) is 93.4 Å². The van der Waals surface area contributed by atoms with Crippen LogP contribution < -0.4 is 0 Å². The largest absolute Gasteiger partial charge is 0.436 e. The van der Waals surface area contributed by atoms with E-state index >= 15 is 0 Å². The summed E-state index contributed by atoms with van der Waals surface area (Å²) in [6, 6.07) is 9.24. The summed E-state index contributed by atoms with van der Waals surface area (Å²) in [5.74, 6) is 1.07. The molecule has 1 radical (unpaired) electrons. The zero-order valence-electron chi connectivity index (χ0n) is 15.2. The van der Waals surface area contributed by atoms with Crippen molar-refractivity contribution in [3.05, 3.63) is 52.8 Å². The Morgan fingerprint density at radius 2 is 1.81 bits per heavy atom. The number of nitrogens with zero attached hydrogens (tertiary/aromatic N) is 6. The van der Waals surface area contributed by atoms with Gasteiger partial charge in [-0.25, -0.2) is 4.98 Å². The number of hydrogen-bond acceptors (Lipinski definition) is 6. The van der Waals surface area contributed by atoms with Crippen LogP contribution in [-0.2, 0) is 20.1 Å². The summed E-state index contributed by atoms with van der Waals surface area (Å²) in [5.41, 5.74) is 5.68. The van der Waals surface area contributed by atoms with Crippen molar-refractivity contribution in [2.75, 3.05) is 0 Å². The van der Waals surface area contributed by atoms with E-state index in [1.54, 1.807) is 11.6 Å². The van der Waals surface area contributed by atoms with E-state index in [1.807, 2.05) is 26.8 Å². The van der Waals surface area contributed by atoms with Crippen LogP contribution in [0.2, 0.25) is 0 Å². The van der Waals surface area contributed by atoms with E-state index in [9.17, 15) is 5.26 Å². The quantitative estimate of drug-likeness (QED) is 0.366. The Morgan fingerprint density at radius 3 is 2.48 bits per heavy atom. The maximum absolute atomic E-state index is 9.32. The summed E-state index contributed by atoms with van der Waals surface area (Å²) in [4.78, 5) is 12.9. The Bertz CT molecular complexity index is 1180. The second-order valence-electron chi connectivity index (χ2n) is 6.19. The summed E-state index contributed by atoms with van der Waals surface area (Å²) in [6.45, 7) is 7.83. The Balaban J connectivity index is 0.00000210. The number of aryl methyl sites for hydroxylation is 4. The molecule has 3 heterocycles. The van der Waals surface area contributed by atoms with Gasteiger partial charge in [0.15, 0.2) is 11.6 Å². The molecule has 3 aromatic heterocycles. The molecule has 0 aliphatic heterocycles. The molecule has 0 aliphatic carbocycles. The number of benzene rings is 1. The Morgan fingerprint density at radius 1 is 1.11 bits per heavy atom. The second-order valence-corrected chi connectivity index (χ2v) is 6.19. The summed E-state index contributed by atoms with van der Waals surface area (Å²) < 4.78 is 7.19. The van der Waals surface area contributed by atoms with Crippen LogP contribution in [0.15, 0.2) is 22.7 Å². The molecule has 0 N–H and O–H groups in total. The molecule has 0 unspecified atom stereocenters. The molecule has 8 heteroatoms. The second kappa shape index (κ2) is 7.03. The van der Waals surface area contributed by atoms with E-state index in [1.165, 1.54) is 6.20 Å². The van der Waals surface area contributed by atoms with Gasteiger partial charge in [-0.1, -0.05) is 17.7 Å². The van der Waals surface area contributed by atoms with E-state index < -0.39 is 0 Å². The number of rotatable bonds is 2. The van der Waals surface area contributed by atoms with Gasteiger partial charge in [0.1, 0.15) is 6.07 Å². The molecule has 0 atom stereocenters. The van der Waals surface area contributed by atoms with E-state index in [-0.39, 0.29) is 25.9 Å². The van der Waals surface area contributed by atoms with Gasteiger partial charge in [0, 0.05) is 32.5 Å². The number of oxazole rings is 1. The molecule has 4 aromatic rings. The molecule has 0 bridgehead atoms. The maximum atomic E-state index is 9.32. The normalized spacial score (nSPS) is 10.6. The molecule has 4 rings (SSSR count). The van der Waals surface area contributed by atoms with Gasteiger partial charge in [-0.15, -0.1) is 10.7 Å². The van der Waals surface area contributed by atoms with Crippen LogP contribution >= 0.6 is 0 Å². The smallest absolute Gasteiger partial charge is 0.239 e. The van der Waals surface area contributed by atoms with Crippen molar-refractivity contribution in [3.63, 3.8) is 0 Å². The molecule has 0 amide bonds. The molecule has 0 fully saturated rings. The van der Waals surface area contributed by atoms with Gasteiger partial charge >= 0.3 is 0 Å². The molecular weight excluding hydrogens is 520 g/mol. The van der Waals surface area contributed by atoms with Gasteiger partial charge in [0.05, 0.1) is 11.5 Å². The predicted molar refractivity (Wildman–Crippen MR) is 94.7 cm³/mol. The molecule has 0 spiro atoms. The summed E-state index contributed by atoms with van der Waals surface area (Å²) in [7, 11) is 0. The van der Waals surface area contributed by atoms with Crippen LogP contribution in [0.4, 0.5) is 0 Å². The SMILES string of the molecule is Cc1cc(C)c(-n2nc(C#N)nc2-c2[c-]cnc3oc(C)nc23)c(C)c1.[Ir]. The van der Waals surface area contributed by atoms with Crippen molar-refractivity contribution in [1.82, 2.24) is 24.7 Å². The molecule has 0 aliphatic rings. The van der Waals surface area contributed by atoms with Crippen molar-refractivity contribution in [2.45, 2.75) is 27.7 Å². The molecular formula is C19H15IrN6O-. The third-order valence-corrected chi connectivity index (χ3v) is 4.12. The van der Waals surface area contributed by atoms with E-state index in [2.05, 4.69) is 38.2 Å². The summed E-state index contributed by atoms with van der Waals surface area (Å²) in [6.07, 6.45) is 1.52. The number of nitriles is 1. The van der Waals surface area contributed by atoms with Crippen LogP contribution in [0.5, 0.6) is 0 Å². The third kappa shape index (κ3) is 3.16. The van der Waals surface area contributed by atoms with Gasteiger partial charge in [-0.05, 0) is 38.1 Å².